The van der Waals surface area contributed by atoms with Crippen molar-refractivity contribution in [1.82, 2.24) is 25.1 Å². The third-order valence-electron chi connectivity index (χ3n) is 2.96. The van der Waals surface area contributed by atoms with Gasteiger partial charge >= 0.3 is 0 Å². The normalized spacial score (nSPS) is 13.9. The fraction of sp³-hybridized carbons (Fsp3) is 0.727. The minimum absolute atomic E-state index is 0.120. The van der Waals surface area contributed by atoms with Crippen LogP contribution in [0.5, 0.6) is 0 Å². The van der Waals surface area contributed by atoms with E-state index in [4.69, 9.17) is 0 Å². The molecule has 8 heteroatoms. The van der Waals surface area contributed by atoms with Crippen LogP contribution in [0.25, 0.3) is 0 Å². The molecule has 1 atom stereocenters. The molecule has 0 aliphatic carbocycles. The number of nitrogens with zero attached hydrogens (tertiary/aromatic N) is 2. The van der Waals surface area contributed by atoms with Crippen molar-refractivity contribution in [3.8, 4) is 0 Å². The first-order chi connectivity index (χ1) is 8.88. The Kier molecular flexibility index (Phi) is 5.92. The van der Waals surface area contributed by atoms with Crippen molar-refractivity contribution in [1.29, 1.82) is 0 Å². The summed E-state index contributed by atoms with van der Waals surface area (Å²) in [4.78, 5) is 1.95. The third kappa shape index (κ3) is 4.57. The lowest BCUT2D eigenvalue weighted by molar-refractivity contribution is 0.313. The van der Waals surface area contributed by atoms with Gasteiger partial charge in [0.05, 0.1) is 6.20 Å². The predicted molar refractivity (Wildman–Crippen MR) is 74.3 cm³/mol. The molecular formula is C11H23N5O2S. The van der Waals surface area contributed by atoms with Gasteiger partial charge in [0.2, 0.25) is 0 Å². The Bertz CT molecular complexity index is 483. The van der Waals surface area contributed by atoms with Gasteiger partial charge < -0.3 is 10.2 Å². The first-order valence-corrected chi connectivity index (χ1v) is 7.75. The number of rotatable bonds is 8. The fourth-order valence-electron chi connectivity index (χ4n) is 1.40. The zero-order valence-electron chi connectivity index (χ0n) is 11.9. The molecule has 0 aliphatic heterocycles. The second kappa shape index (κ2) is 6.99. The Labute approximate surface area is 114 Å². The highest BCUT2D eigenvalue weighted by molar-refractivity contribution is 7.89. The van der Waals surface area contributed by atoms with Gasteiger partial charge in [0.15, 0.2) is 5.03 Å². The van der Waals surface area contributed by atoms with Crippen LogP contribution in [0.2, 0.25) is 0 Å². The van der Waals surface area contributed by atoms with Gasteiger partial charge in [-0.2, -0.15) is 5.10 Å². The van der Waals surface area contributed by atoms with E-state index in [1.54, 1.807) is 0 Å². The van der Waals surface area contributed by atoms with Gasteiger partial charge in [0.25, 0.3) is 10.0 Å². The molecule has 1 aromatic rings. The van der Waals surface area contributed by atoms with Crippen molar-refractivity contribution < 1.29 is 8.42 Å². The van der Waals surface area contributed by atoms with Gasteiger partial charge in [-0.1, -0.05) is 6.92 Å². The molecule has 1 unspecified atom stereocenters. The standard InChI is InChI=1S/C11H23N5O2S/c1-5-12-7-10-8-13-15-11(10)19(17,18)14-6-9(2)16(3)4/h8-9,12,14H,5-7H2,1-4H3,(H,13,15). The minimum Gasteiger partial charge on any atom is -0.313 e. The van der Waals surface area contributed by atoms with E-state index in [1.165, 1.54) is 6.20 Å². The van der Waals surface area contributed by atoms with Crippen LogP contribution in [-0.2, 0) is 16.6 Å². The lowest BCUT2D eigenvalue weighted by Crippen LogP contribution is -2.38. The molecule has 0 aromatic carbocycles. The average molecular weight is 289 g/mol. The molecule has 3 N–H and O–H groups in total. The molecule has 0 amide bonds. The second-order valence-corrected chi connectivity index (χ2v) is 6.37. The van der Waals surface area contributed by atoms with Crippen molar-refractivity contribution in [2.24, 2.45) is 0 Å². The summed E-state index contributed by atoms with van der Waals surface area (Å²) < 4.78 is 26.9. The number of likely N-dealkylation sites (N-methyl/N-ethyl adjacent to an activating group) is 1. The molecule has 0 saturated carbocycles. The van der Waals surface area contributed by atoms with E-state index in [1.807, 2.05) is 32.8 Å². The summed E-state index contributed by atoms with van der Waals surface area (Å²) in [5.41, 5.74) is 0.645. The largest absolute Gasteiger partial charge is 0.313 e. The fourth-order valence-corrected chi connectivity index (χ4v) is 2.65. The highest BCUT2D eigenvalue weighted by Crippen LogP contribution is 2.11. The molecule has 0 aliphatic rings. The van der Waals surface area contributed by atoms with E-state index in [-0.39, 0.29) is 11.1 Å². The first-order valence-electron chi connectivity index (χ1n) is 6.27. The molecular weight excluding hydrogens is 266 g/mol. The van der Waals surface area contributed by atoms with Gasteiger partial charge in [-0.15, -0.1) is 0 Å². The van der Waals surface area contributed by atoms with E-state index in [0.29, 0.717) is 18.7 Å². The number of hydrogen-bond acceptors (Lipinski definition) is 5. The van der Waals surface area contributed by atoms with E-state index < -0.39 is 10.0 Å². The van der Waals surface area contributed by atoms with Crippen LogP contribution < -0.4 is 10.0 Å². The highest BCUT2D eigenvalue weighted by Gasteiger charge is 2.21. The number of nitrogens with one attached hydrogen (secondary N) is 3. The van der Waals surface area contributed by atoms with Crippen molar-refractivity contribution in [3.05, 3.63) is 11.8 Å². The maximum Gasteiger partial charge on any atom is 0.257 e. The second-order valence-electron chi connectivity index (χ2n) is 4.67. The van der Waals surface area contributed by atoms with Crippen LogP contribution in [0, 0.1) is 0 Å². The molecule has 110 valence electrons. The smallest absolute Gasteiger partial charge is 0.257 e. The maximum atomic E-state index is 12.2. The number of aromatic amines is 1. The van der Waals surface area contributed by atoms with Crippen LogP contribution in [0.4, 0.5) is 0 Å². The highest BCUT2D eigenvalue weighted by atomic mass is 32.2. The molecule has 0 saturated heterocycles. The number of hydrogen-bond donors (Lipinski definition) is 3. The predicted octanol–water partition coefficient (Wildman–Crippen LogP) is -0.252. The zero-order chi connectivity index (χ0) is 14.5. The Balaban J connectivity index is 2.74. The van der Waals surface area contributed by atoms with Crippen molar-refractivity contribution in [3.63, 3.8) is 0 Å². The monoisotopic (exact) mass is 289 g/mol. The van der Waals surface area contributed by atoms with Crippen molar-refractivity contribution in [2.45, 2.75) is 31.5 Å². The lowest BCUT2D eigenvalue weighted by atomic mass is 10.3. The van der Waals surface area contributed by atoms with Gasteiger partial charge in [-0.3, -0.25) is 5.10 Å². The molecule has 0 radical (unpaired) electrons. The number of sulfonamides is 1. The van der Waals surface area contributed by atoms with Gasteiger partial charge in [-0.25, -0.2) is 13.1 Å². The Hall–Kier alpha value is -0.960. The topological polar surface area (TPSA) is 90.1 Å². The molecule has 19 heavy (non-hydrogen) atoms. The molecule has 0 spiro atoms. The Morgan fingerprint density at radius 3 is 2.74 bits per heavy atom. The maximum absolute atomic E-state index is 12.2. The van der Waals surface area contributed by atoms with Gasteiger partial charge in [-0.05, 0) is 27.6 Å². The van der Waals surface area contributed by atoms with Crippen LogP contribution in [0.3, 0.4) is 0 Å². The van der Waals surface area contributed by atoms with Gasteiger partial charge in [0.1, 0.15) is 0 Å². The summed E-state index contributed by atoms with van der Waals surface area (Å²) in [7, 11) is 0.276. The zero-order valence-corrected chi connectivity index (χ0v) is 12.7. The van der Waals surface area contributed by atoms with E-state index in [2.05, 4.69) is 20.2 Å². The van der Waals surface area contributed by atoms with Crippen LogP contribution in [0.15, 0.2) is 11.2 Å². The molecule has 0 bridgehead atoms. The SMILES string of the molecule is CCNCc1cn[nH]c1S(=O)(=O)NCC(C)N(C)C. The quantitative estimate of drug-likeness (QED) is 0.614. The van der Waals surface area contributed by atoms with Crippen LogP contribution in [0.1, 0.15) is 19.4 Å². The number of H-pyrrole nitrogens is 1. The van der Waals surface area contributed by atoms with Crippen LogP contribution in [-0.4, -0.2) is 56.7 Å². The molecule has 7 nitrogen and oxygen atoms in total. The average Bonchev–Trinajstić information content (AvgIpc) is 2.82. The van der Waals surface area contributed by atoms with E-state index in [9.17, 15) is 8.42 Å². The minimum atomic E-state index is -3.54. The Morgan fingerprint density at radius 1 is 1.47 bits per heavy atom. The number of aromatic nitrogens is 2. The molecule has 1 heterocycles. The first kappa shape index (κ1) is 16.1. The summed E-state index contributed by atoms with van der Waals surface area (Å²) in [6.07, 6.45) is 1.53. The summed E-state index contributed by atoms with van der Waals surface area (Å²) >= 11 is 0. The third-order valence-corrected chi connectivity index (χ3v) is 4.40. The van der Waals surface area contributed by atoms with Crippen molar-refractivity contribution in [2.75, 3.05) is 27.2 Å². The summed E-state index contributed by atoms with van der Waals surface area (Å²) in [5, 5.41) is 9.59. The molecule has 1 rings (SSSR count). The summed E-state index contributed by atoms with van der Waals surface area (Å²) in [6, 6.07) is 0.120. The van der Waals surface area contributed by atoms with E-state index in [0.717, 1.165) is 6.54 Å². The molecule has 1 aromatic heterocycles. The summed E-state index contributed by atoms with van der Waals surface area (Å²) in [5.74, 6) is 0. The Morgan fingerprint density at radius 2 is 2.16 bits per heavy atom. The summed E-state index contributed by atoms with van der Waals surface area (Å²) in [6.45, 7) is 5.53. The van der Waals surface area contributed by atoms with E-state index >= 15 is 0 Å². The van der Waals surface area contributed by atoms with Crippen LogP contribution >= 0.6 is 0 Å². The van der Waals surface area contributed by atoms with Crippen molar-refractivity contribution >= 4 is 10.0 Å². The molecule has 0 fully saturated rings. The lowest BCUT2D eigenvalue weighted by Gasteiger charge is -2.19. The van der Waals surface area contributed by atoms with Gasteiger partial charge in [0, 0.05) is 24.7 Å².